The second kappa shape index (κ2) is 10.6. The van der Waals surface area contributed by atoms with E-state index in [1.165, 1.54) is 35.0 Å². The Kier molecular flexibility index (Phi) is 7.15. The van der Waals surface area contributed by atoms with Crippen LogP contribution in [0.1, 0.15) is 39.3 Å². The summed E-state index contributed by atoms with van der Waals surface area (Å²) in [7, 11) is 0. The number of allylic oxidation sites excluding steroid dienone is 1. The third-order valence-electron chi connectivity index (χ3n) is 7.01. The predicted octanol–water partition coefficient (Wildman–Crippen LogP) is 1.67. The van der Waals surface area contributed by atoms with E-state index in [-0.39, 0.29) is 46.0 Å². The number of anilines is 2. The largest absolute Gasteiger partial charge is 0.382 e. The van der Waals surface area contributed by atoms with Gasteiger partial charge in [-0.1, -0.05) is 17.7 Å². The molecule has 11 nitrogen and oxygen atoms in total. The molecule has 5 rings (SSSR count). The minimum atomic E-state index is -1.01. The number of likely N-dealkylation sites (tertiary alicyclic amines) is 1. The maximum absolute atomic E-state index is 13.6. The van der Waals surface area contributed by atoms with Gasteiger partial charge in [-0.05, 0) is 36.6 Å². The predicted molar refractivity (Wildman–Crippen MR) is 143 cm³/mol. The zero-order valence-electron chi connectivity index (χ0n) is 21.1. The molecule has 2 aliphatic rings. The fourth-order valence-electron chi connectivity index (χ4n) is 4.79. The van der Waals surface area contributed by atoms with Gasteiger partial charge in [-0.2, -0.15) is 0 Å². The zero-order valence-corrected chi connectivity index (χ0v) is 21.8. The Balaban J connectivity index is 1.23. The van der Waals surface area contributed by atoms with Gasteiger partial charge in [0.2, 0.25) is 5.78 Å². The van der Waals surface area contributed by atoms with Gasteiger partial charge in [0.25, 0.3) is 11.5 Å². The normalized spacial score (nSPS) is 17.1. The first-order chi connectivity index (χ1) is 19.0. The minimum absolute atomic E-state index is 0.0104. The summed E-state index contributed by atoms with van der Waals surface area (Å²) in [5.74, 6) is -2.43. The number of carbonyl (C=O) groups excluding carboxylic acids is 2. The molecule has 4 heterocycles. The van der Waals surface area contributed by atoms with Crippen LogP contribution in [0.15, 0.2) is 53.2 Å². The quantitative estimate of drug-likeness (QED) is 0.264. The number of nitrogens with zero attached hydrogens (tertiary/aromatic N) is 4. The van der Waals surface area contributed by atoms with Gasteiger partial charge in [0.15, 0.2) is 34.1 Å². The second-order valence-corrected chi connectivity index (χ2v) is 10.1. The standard InChI is InChI=1S/C26H25ClF2N8O3/c27-22-24(31)34-23(30)21(33-22)18(38)10-19-32-13-26(35-19)5-7-36(8-6-26)25(40)15-2-4-20(39)37(12-15)11-14-1-3-16(28)17(29)9-14/h1-4,9-10,12,32,35H,5-8,11,13H2,(H4,30,31,34)/b19-10+. The van der Waals surface area contributed by atoms with E-state index in [9.17, 15) is 23.2 Å². The van der Waals surface area contributed by atoms with Crippen LogP contribution >= 0.6 is 11.6 Å². The van der Waals surface area contributed by atoms with Crippen molar-refractivity contribution in [3.63, 3.8) is 0 Å². The van der Waals surface area contributed by atoms with Crippen LogP contribution in [-0.4, -0.2) is 56.3 Å². The molecule has 0 bridgehead atoms. The van der Waals surface area contributed by atoms with Crippen molar-refractivity contribution < 1.29 is 18.4 Å². The maximum Gasteiger partial charge on any atom is 0.255 e. The van der Waals surface area contributed by atoms with Crippen LogP contribution in [0.3, 0.4) is 0 Å². The topological polar surface area (TPSA) is 161 Å². The van der Waals surface area contributed by atoms with Crippen LogP contribution in [0.5, 0.6) is 0 Å². The highest BCUT2D eigenvalue weighted by Crippen LogP contribution is 2.28. The van der Waals surface area contributed by atoms with Gasteiger partial charge in [-0.3, -0.25) is 14.4 Å². The highest BCUT2D eigenvalue weighted by molar-refractivity contribution is 6.31. The summed E-state index contributed by atoms with van der Waals surface area (Å²) in [6.45, 7) is 1.40. The summed E-state index contributed by atoms with van der Waals surface area (Å²) in [5.41, 5.74) is 11.2. The van der Waals surface area contributed by atoms with Gasteiger partial charge in [-0.15, -0.1) is 0 Å². The van der Waals surface area contributed by atoms with Crippen molar-refractivity contribution in [3.05, 3.63) is 92.4 Å². The van der Waals surface area contributed by atoms with E-state index in [0.29, 0.717) is 49.4 Å². The monoisotopic (exact) mass is 570 g/mol. The van der Waals surface area contributed by atoms with E-state index in [1.807, 2.05) is 0 Å². The van der Waals surface area contributed by atoms with Crippen molar-refractivity contribution in [2.24, 2.45) is 0 Å². The SMILES string of the molecule is Nc1nc(N)c(C(=O)/C=C2\NCC3(CCN(C(=O)c4ccc(=O)n(Cc5ccc(F)c(F)c5)c4)CC3)N2)nc1Cl. The van der Waals surface area contributed by atoms with Gasteiger partial charge in [0.05, 0.1) is 17.6 Å². The molecule has 1 aromatic carbocycles. The molecule has 40 heavy (non-hydrogen) atoms. The zero-order chi connectivity index (χ0) is 28.6. The van der Waals surface area contributed by atoms with Crippen molar-refractivity contribution in [1.82, 2.24) is 30.1 Å². The van der Waals surface area contributed by atoms with Crippen molar-refractivity contribution >= 4 is 34.9 Å². The molecule has 1 amide bonds. The molecule has 1 spiro atoms. The Morgan fingerprint density at radius 2 is 1.82 bits per heavy atom. The van der Waals surface area contributed by atoms with E-state index < -0.39 is 17.4 Å². The lowest BCUT2D eigenvalue weighted by Gasteiger charge is -2.39. The molecule has 2 saturated heterocycles. The molecule has 0 aliphatic carbocycles. The molecule has 0 unspecified atom stereocenters. The summed E-state index contributed by atoms with van der Waals surface area (Å²) in [5, 5.41) is 6.41. The average Bonchev–Trinajstić information content (AvgIpc) is 3.31. The third-order valence-corrected chi connectivity index (χ3v) is 7.28. The van der Waals surface area contributed by atoms with Crippen molar-refractivity contribution in [2.75, 3.05) is 31.1 Å². The number of amides is 1. The number of benzene rings is 1. The van der Waals surface area contributed by atoms with E-state index in [0.717, 1.165) is 12.1 Å². The summed E-state index contributed by atoms with van der Waals surface area (Å²) in [6, 6.07) is 6.13. The van der Waals surface area contributed by atoms with Gasteiger partial charge in [0, 0.05) is 38.0 Å². The smallest absolute Gasteiger partial charge is 0.255 e. The Morgan fingerprint density at radius 3 is 2.55 bits per heavy atom. The fourth-order valence-corrected chi connectivity index (χ4v) is 4.91. The van der Waals surface area contributed by atoms with Gasteiger partial charge >= 0.3 is 0 Å². The summed E-state index contributed by atoms with van der Waals surface area (Å²) in [6.07, 6.45) is 3.95. The molecule has 2 aromatic heterocycles. The number of nitrogen functional groups attached to an aromatic ring is 2. The number of aromatic nitrogens is 3. The number of nitrogens with one attached hydrogen (secondary N) is 2. The van der Waals surface area contributed by atoms with Crippen LogP contribution in [-0.2, 0) is 6.54 Å². The Morgan fingerprint density at radius 1 is 1.07 bits per heavy atom. The number of nitrogens with two attached hydrogens (primary N) is 2. The molecule has 2 aliphatic heterocycles. The van der Waals surface area contributed by atoms with Crippen LogP contribution < -0.4 is 27.7 Å². The number of piperidine rings is 1. The van der Waals surface area contributed by atoms with E-state index in [4.69, 9.17) is 23.1 Å². The number of carbonyl (C=O) groups is 2. The van der Waals surface area contributed by atoms with E-state index >= 15 is 0 Å². The lowest BCUT2D eigenvalue weighted by Crippen LogP contribution is -2.53. The van der Waals surface area contributed by atoms with Gasteiger partial charge in [-0.25, -0.2) is 18.7 Å². The molecule has 6 N–H and O–H groups in total. The highest BCUT2D eigenvalue weighted by atomic mass is 35.5. The number of hydrogen-bond donors (Lipinski definition) is 4. The summed E-state index contributed by atoms with van der Waals surface area (Å²) in [4.78, 5) is 47.7. The molecular formula is C26H25ClF2N8O3. The lowest BCUT2D eigenvalue weighted by atomic mass is 9.88. The van der Waals surface area contributed by atoms with Crippen LogP contribution in [0.4, 0.5) is 20.4 Å². The summed E-state index contributed by atoms with van der Waals surface area (Å²) >= 11 is 5.88. The summed E-state index contributed by atoms with van der Waals surface area (Å²) < 4.78 is 28.1. The van der Waals surface area contributed by atoms with Crippen molar-refractivity contribution in [3.8, 4) is 0 Å². The first-order valence-corrected chi connectivity index (χ1v) is 12.7. The van der Waals surface area contributed by atoms with Gasteiger partial charge < -0.3 is 31.6 Å². The molecule has 2 fully saturated rings. The molecule has 0 atom stereocenters. The van der Waals surface area contributed by atoms with Gasteiger partial charge in [0.1, 0.15) is 5.82 Å². The Hall–Kier alpha value is -4.52. The fraction of sp³-hybridized carbons (Fsp3) is 0.269. The number of hydrogen-bond acceptors (Lipinski definition) is 9. The van der Waals surface area contributed by atoms with Crippen LogP contribution in [0, 0.1) is 11.6 Å². The maximum atomic E-state index is 13.6. The highest BCUT2D eigenvalue weighted by Gasteiger charge is 2.40. The van der Waals surface area contributed by atoms with E-state index in [1.54, 1.807) is 4.90 Å². The first kappa shape index (κ1) is 27.1. The number of ketones is 1. The van der Waals surface area contributed by atoms with Crippen LogP contribution in [0.2, 0.25) is 5.15 Å². The lowest BCUT2D eigenvalue weighted by molar-refractivity contribution is 0.0666. The Labute approximate surface area is 231 Å². The average molecular weight is 571 g/mol. The number of rotatable bonds is 5. The molecule has 208 valence electrons. The second-order valence-electron chi connectivity index (χ2n) is 9.74. The van der Waals surface area contributed by atoms with Crippen molar-refractivity contribution in [1.29, 1.82) is 0 Å². The molecule has 0 saturated carbocycles. The molecule has 14 heteroatoms. The number of pyridine rings is 1. The number of halogens is 3. The third kappa shape index (κ3) is 5.45. The Bertz CT molecular complexity index is 1600. The first-order valence-electron chi connectivity index (χ1n) is 12.3. The molecule has 0 radical (unpaired) electrons. The van der Waals surface area contributed by atoms with Crippen LogP contribution in [0.25, 0.3) is 0 Å². The minimum Gasteiger partial charge on any atom is -0.382 e. The van der Waals surface area contributed by atoms with Crippen molar-refractivity contribution in [2.45, 2.75) is 24.9 Å². The molecular weight excluding hydrogens is 546 g/mol. The van der Waals surface area contributed by atoms with E-state index in [2.05, 4.69) is 20.6 Å². The molecule has 3 aromatic rings.